The van der Waals surface area contributed by atoms with E-state index >= 15 is 0 Å². The number of anilines is 1. The van der Waals surface area contributed by atoms with E-state index in [0.717, 1.165) is 0 Å². The van der Waals surface area contributed by atoms with Gasteiger partial charge in [-0.3, -0.25) is 19.0 Å². The second-order valence-electron chi connectivity index (χ2n) is 7.74. The number of nitrogens with zero attached hydrogens (tertiary/aromatic N) is 1. The lowest BCUT2D eigenvalue weighted by atomic mass is 10.0. The van der Waals surface area contributed by atoms with Crippen molar-refractivity contribution in [1.29, 1.82) is 0 Å². The SMILES string of the molecule is CCOc1ccc(-n2cc(C(=O)c3ccc(OC)c(NC(=O)c4ccccc4)c3O)ccc2=O)cc1. The predicted octanol–water partition coefficient (Wildman–Crippen LogP) is 4.43. The zero-order chi connectivity index (χ0) is 25.7. The molecule has 0 radical (unpaired) electrons. The first-order valence-electron chi connectivity index (χ1n) is 11.2. The zero-order valence-corrected chi connectivity index (χ0v) is 19.7. The van der Waals surface area contributed by atoms with Crippen molar-refractivity contribution in [2.45, 2.75) is 6.92 Å². The molecule has 0 fully saturated rings. The highest BCUT2D eigenvalue weighted by Crippen LogP contribution is 2.38. The number of rotatable bonds is 8. The molecule has 0 spiro atoms. The molecule has 0 aliphatic rings. The number of carbonyl (C=O) groups excluding carboxylic acids is 2. The van der Waals surface area contributed by atoms with Gasteiger partial charge in [0.15, 0.2) is 11.5 Å². The summed E-state index contributed by atoms with van der Waals surface area (Å²) in [5.41, 5.74) is 0.675. The lowest BCUT2D eigenvalue weighted by molar-refractivity contribution is 0.101. The van der Waals surface area contributed by atoms with Gasteiger partial charge in [-0.1, -0.05) is 18.2 Å². The molecular formula is C28H24N2O6. The molecule has 8 nitrogen and oxygen atoms in total. The van der Waals surface area contributed by atoms with Gasteiger partial charge in [0, 0.05) is 29.1 Å². The number of nitrogens with one attached hydrogen (secondary N) is 1. The maximum Gasteiger partial charge on any atom is 0.255 e. The second-order valence-corrected chi connectivity index (χ2v) is 7.74. The quantitative estimate of drug-likeness (QED) is 0.283. The summed E-state index contributed by atoms with van der Waals surface area (Å²) >= 11 is 0. The number of pyridine rings is 1. The van der Waals surface area contributed by atoms with Crippen molar-refractivity contribution in [3.8, 4) is 22.9 Å². The van der Waals surface area contributed by atoms with Crippen molar-refractivity contribution in [3.63, 3.8) is 0 Å². The summed E-state index contributed by atoms with van der Waals surface area (Å²) in [5, 5.41) is 13.6. The lowest BCUT2D eigenvalue weighted by Crippen LogP contribution is -2.19. The van der Waals surface area contributed by atoms with Crippen LogP contribution in [0.4, 0.5) is 5.69 Å². The average molecular weight is 485 g/mol. The van der Waals surface area contributed by atoms with Gasteiger partial charge >= 0.3 is 0 Å². The molecule has 1 heterocycles. The van der Waals surface area contributed by atoms with E-state index in [4.69, 9.17) is 9.47 Å². The van der Waals surface area contributed by atoms with Crippen LogP contribution in [-0.2, 0) is 0 Å². The van der Waals surface area contributed by atoms with Crippen LogP contribution in [0.25, 0.3) is 5.69 Å². The summed E-state index contributed by atoms with van der Waals surface area (Å²) in [4.78, 5) is 38.5. The molecule has 4 rings (SSSR count). The number of hydrogen-bond acceptors (Lipinski definition) is 6. The molecular weight excluding hydrogens is 460 g/mol. The van der Waals surface area contributed by atoms with Crippen LogP contribution in [0.1, 0.15) is 33.2 Å². The van der Waals surface area contributed by atoms with Crippen molar-refractivity contribution in [3.05, 3.63) is 112 Å². The summed E-state index contributed by atoms with van der Waals surface area (Å²) in [7, 11) is 1.39. The molecule has 0 saturated carbocycles. The van der Waals surface area contributed by atoms with E-state index in [0.29, 0.717) is 23.6 Å². The second kappa shape index (κ2) is 10.6. The number of carbonyl (C=O) groups is 2. The van der Waals surface area contributed by atoms with Gasteiger partial charge in [0.1, 0.15) is 17.2 Å². The molecule has 36 heavy (non-hydrogen) atoms. The van der Waals surface area contributed by atoms with Crippen LogP contribution >= 0.6 is 0 Å². The van der Waals surface area contributed by atoms with Crippen LogP contribution in [0, 0.1) is 0 Å². The monoisotopic (exact) mass is 484 g/mol. The van der Waals surface area contributed by atoms with Crippen LogP contribution < -0.4 is 20.3 Å². The molecule has 0 aliphatic heterocycles. The predicted molar refractivity (Wildman–Crippen MR) is 136 cm³/mol. The number of aromatic hydroxyl groups is 1. The van der Waals surface area contributed by atoms with Crippen LogP contribution in [0.3, 0.4) is 0 Å². The molecule has 0 aliphatic carbocycles. The minimum Gasteiger partial charge on any atom is -0.505 e. The lowest BCUT2D eigenvalue weighted by Gasteiger charge is -2.15. The average Bonchev–Trinajstić information content (AvgIpc) is 2.91. The van der Waals surface area contributed by atoms with E-state index in [9.17, 15) is 19.5 Å². The third-order valence-electron chi connectivity index (χ3n) is 5.48. The Kier molecular flexibility index (Phi) is 7.15. The zero-order valence-electron chi connectivity index (χ0n) is 19.7. The third kappa shape index (κ3) is 4.97. The summed E-state index contributed by atoms with van der Waals surface area (Å²) in [5.74, 6) is -0.604. The van der Waals surface area contributed by atoms with Crippen LogP contribution in [-0.4, -0.2) is 35.1 Å². The normalized spacial score (nSPS) is 10.5. The smallest absolute Gasteiger partial charge is 0.255 e. The fourth-order valence-corrected chi connectivity index (χ4v) is 3.67. The Bertz CT molecular complexity index is 1460. The fourth-order valence-electron chi connectivity index (χ4n) is 3.67. The van der Waals surface area contributed by atoms with Gasteiger partial charge in [-0.2, -0.15) is 0 Å². The maximum atomic E-state index is 13.4. The van der Waals surface area contributed by atoms with Gasteiger partial charge in [-0.15, -0.1) is 0 Å². The fraction of sp³-hybridized carbons (Fsp3) is 0.107. The van der Waals surface area contributed by atoms with E-state index < -0.39 is 17.4 Å². The number of methoxy groups -OCH3 is 1. The van der Waals surface area contributed by atoms with Gasteiger partial charge in [0.05, 0.1) is 19.3 Å². The van der Waals surface area contributed by atoms with Gasteiger partial charge < -0.3 is 19.9 Å². The third-order valence-corrected chi connectivity index (χ3v) is 5.48. The molecule has 182 valence electrons. The Hall–Kier alpha value is -4.85. The molecule has 3 aromatic carbocycles. The topological polar surface area (TPSA) is 107 Å². The van der Waals surface area contributed by atoms with Gasteiger partial charge in [0.25, 0.3) is 11.5 Å². The number of amides is 1. The van der Waals surface area contributed by atoms with Crippen LogP contribution in [0.2, 0.25) is 0 Å². The molecule has 2 N–H and O–H groups in total. The van der Waals surface area contributed by atoms with Crippen molar-refractivity contribution >= 4 is 17.4 Å². The maximum absolute atomic E-state index is 13.4. The Labute approximate surface area is 207 Å². The Morgan fingerprint density at radius 3 is 2.31 bits per heavy atom. The summed E-state index contributed by atoms with van der Waals surface area (Å²) < 4.78 is 12.1. The first kappa shape index (κ1) is 24.3. The molecule has 0 bridgehead atoms. The van der Waals surface area contributed by atoms with Crippen molar-refractivity contribution in [1.82, 2.24) is 4.57 Å². The molecule has 0 saturated heterocycles. The Morgan fingerprint density at radius 1 is 0.917 bits per heavy atom. The van der Waals surface area contributed by atoms with E-state index in [1.165, 1.54) is 42.1 Å². The van der Waals surface area contributed by atoms with Crippen LogP contribution in [0.15, 0.2) is 89.9 Å². The van der Waals surface area contributed by atoms with Gasteiger partial charge in [-0.05, 0) is 61.5 Å². The summed E-state index contributed by atoms with van der Waals surface area (Å²) in [6.45, 7) is 2.39. The van der Waals surface area contributed by atoms with E-state index in [2.05, 4.69) is 5.32 Å². The first-order valence-corrected chi connectivity index (χ1v) is 11.2. The minimum atomic E-state index is -0.537. The largest absolute Gasteiger partial charge is 0.505 e. The van der Waals surface area contributed by atoms with E-state index in [-0.39, 0.29) is 28.1 Å². The Morgan fingerprint density at radius 2 is 1.64 bits per heavy atom. The van der Waals surface area contributed by atoms with Crippen molar-refractivity contribution in [2.75, 3.05) is 19.0 Å². The first-order chi connectivity index (χ1) is 17.4. The molecule has 4 aromatic rings. The van der Waals surface area contributed by atoms with Crippen LogP contribution in [0.5, 0.6) is 17.2 Å². The highest BCUT2D eigenvalue weighted by molar-refractivity contribution is 6.13. The van der Waals surface area contributed by atoms with Gasteiger partial charge in [-0.25, -0.2) is 0 Å². The minimum absolute atomic E-state index is 0.0305. The number of hydrogen-bond donors (Lipinski definition) is 2. The molecule has 0 unspecified atom stereocenters. The number of ketones is 1. The number of phenols is 1. The highest BCUT2D eigenvalue weighted by atomic mass is 16.5. The molecule has 1 amide bonds. The standard InChI is InChI=1S/C28H24N2O6/c1-3-36-21-12-10-20(11-13-21)30-17-19(9-16-24(30)31)26(32)22-14-15-23(35-2)25(27(22)33)29-28(34)18-7-5-4-6-8-18/h4-17,33H,3H2,1-2H3,(H,29,34). The summed E-state index contributed by atoms with van der Waals surface area (Å²) in [6.07, 6.45) is 1.41. The number of benzene rings is 3. The van der Waals surface area contributed by atoms with E-state index in [1.807, 2.05) is 6.92 Å². The van der Waals surface area contributed by atoms with Gasteiger partial charge in [0.2, 0.25) is 0 Å². The summed E-state index contributed by atoms with van der Waals surface area (Å²) in [6, 6.07) is 20.9. The van der Waals surface area contributed by atoms with Crippen molar-refractivity contribution < 1.29 is 24.2 Å². The number of ether oxygens (including phenoxy) is 2. The number of aromatic nitrogens is 1. The number of phenolic OH excluding ortho intramolecular Hbond substituents is 1. The Balaban J connectivity index is 1.69. The highest BCUT2D eigenvalue weighted by Gasteiger charge is 2.22. The van der Waals surface area contributed by atoms with E-state index in [1.54, 1.807) is 54.6 Å². The van der Waals surface area contributed by atoms with Crippen molar-refractivity contribution in [2.24, 2.45) is 0 Å². The molecule has 1 aromatic heterocycles. The molecule has 8 heteroatoms. The molecule has 0 atom stereocenters.